The summed E-state index contributed by atoms with van der Waals surface area (Å²) in [4.78, 5) is 41.6. The number of imide groups is 1. The Hall–Kier alpha value is -2.95. The van der Waals surface area contributed by atoms with Gasteiger partial charge in [-0.1, -0.05) is 56.3 Å². The first-order valence-electron chi connectivity index (χ1n) is 9.16. The van der Waals surface area contributed by atoms with Gasteiger partial charge in [0.2, 0.25) is 5.91 Å². The average Bonchev–Trinajstić information content (AvgIpc) is 2.91. The van der Waals surface area contributed by atoms with Crippen molar-refractivity contribution in [1.82, 2.24) is 9.80 Å². The smallest absolute Gasteiger partial charge is 0.262 e. The molecule has 1 aliphatic heterocycles. The molecule has 0 N–H and O–H groups in total. The van der Waals surface area contributed by atoms with E-state index in [0.29, 0.717) is 24.1 Å². The summed E-state index contributed by atoms with van der Waals surface area (Å²) in [5, 5.41) is 0. The Bertz CT molecular complexity index is 826. The molecule has 1 aliphatic rings. The first-order chi connectivity index (χ1) is 12.9. The van der Waals surface area contributed by atoms with Gasteiger partial charge in [0, 0.05) is 13.6 Å². The molecule has 0 aromatic heterocycles. The van der Waals surface area contributed by atoms with Crippen LogP contribution in [0, 0.1) is 5.92 Å². The lowest BCUT2D eigenvalue weighted by Crippen LogP contribution is -2.50. The molecule has 1 unspecified atom stereocenters. The van der Waals surface area contributed by atoms with E-state index >= 15 is 0 Å². The van der Waals surface area contributed by atoms with E-state index in [-0.39, 0.29) is 23.6 Å². The Morgan fingerprint density at radius 3 is 1.96 bits per heavy atom. The van der Waals surface area contributed by atoms with Crippen molar-refractivity contribution in [3.8, 4) is 0 Å². The standard InChI is InChI=1S/C22H24N2O3/c1-15(2)13-19(22(27)23(3)14-16-9-5-4-6-10-16)24-20(25)17-11-7-8-12-18(17)21(24)26/h4-12,15,19H,13-14H2,1-3H3. The van der Waals surface area contributed by atoms with Crippen molar-refractivity contribution < 1.29 is 14.4 Å². The van der Waals surface area contributed by atoms with Crippen LogP contribution in [-0.4, -0.2) is 40.6 Å². The average molecular weight is 364 g/mol. The minimum atomic E-state index is -0.800. The number of likely N-dealkylation sites (N-methyl/N-ethyl adjacent to an activating group) is 1. The maximum atomic E-state index is 13.2. The van der Waals surface area contributed by atoms with Gasteiger partial charge in [0.15, 0.2) is 0 Å². The van der Waals surface area contributed by atoms with Gasteiger partial charge in [0.25, 0.3) is 11.8 Å². The van der Waals surface area contributed by atoms with Crippen LogP contribution in [0.4, 0.5) is 0 Å². The van der Waals surface area contributed by atoms with Crippen LogP contribution in [0.25, 0.3) is 0 Å². The Kier molecular flexibility index (Phi) is 5.40. The Morgan fingerprint density at radius 2 is 1.44 bits per heavy atom. The van der Waals surface area contributed by atoms with Crippen molar-refractivity contribution in [2.24, 2.45) is 5.92 Å². The van der Waals surface area contributed by atoms with Gasteiger partial charge >= 0.3 is 0 Å². The number of rotatable bonds is 6. The molecule has 0 bridgehead atoms. The summed E-state index contributed by atoms with van der Waals surface area (Å²) in [5.41, 5.74) is 1.74. The van der Waals surface area contributed by atoms with Gasteiger partial charge in [-0.2, -0.15) is 0 Å². The molecule has 1 heterocycles. The highest BCUT2D eigenvalue weighted by atomic mass is 16.2. The van der Waals surface area contributed by atoms with Crippen LogP contribution < -0.4 is 0 Å². The number of carbonyl (C=O) groups is 3. The first kappa shape index (κ1) is 18.8. The molecule has 1 atom stereocenters. The molecule has 0 saturated heterocycles. The number of hydrogen-bond donors (Lipinski definition) is 0. The van der Waals surface area contributed by atoms with E-state index in [2.05, 4.69) is 0 Å². The number of amides is 3. The highest BCUT2D eigenvalue weighted by Gasteiger charge is 2.43. The molecule has 2 aromatic carbocycles. The molecular formula is C22H24N2O3. The van der Waals surface area contributed by atoms with Crippen molar-refractivity contribution in [1.29, 1.82) is 0 Å². The predicted molar refractivity (Wildman–Crippen MR) is 103 cm³/mol. The highest BCUT2D eigenvalue weighted by molar-refractivity contribution is 6.22. The van der Waals surface area contributed by atoms with E-state index in [1.807, 2.05) is 44.2 Å². The van der Waals surface area contributed by atoms with Crippen molar-refractivity contribution in [2.75, 3.05) is 7.05 Å². The Balaban J connectivity index is 1.87. The van der Waals surface area contributed by atoms with E-state index < -0.39 is 6.04 Å². The van der Waals surface area contributed by atoms with Gasteiger partial charge in [-0.05, 0) is 30.0 Å². The SMILES string of the molecule is CC(C)CC(C(=O)N(C)Cc1ccccc1)N1C(=O)c2ccccc2C1=O. The van der Waals surface area contributed by atoms with Crippen LogP contribution in [0.15, 0.2) is 54.6 Å². The highest BCUT2D eigenvalue weighted by Crippen LogP contribution is 2.27. The van der Waals surface area contributed by atoms with Crippen LogP contribution in [0.5, 0.6) is 0 Å². The van der Waals surface area contributed by atoms with Gasteiger partial charge in [-0.15, -0.1) is 0 Å². The third-order valence-corrected chi connectivity index (χ3v) is 4.76. The van der Waals surface area contributed by atoms with Gasteiger partial charge in [0.05, 0.1) is 11.1 Å². The lowest BCUT2D eigenvalue weighted by atomic mass is 10.0. The van der Waals surface area contributed by atoms with Gasteiger partial charge < -0.3 is 4.90 Å². The normalized spacial score (nSPS) is 14.4. The summed E-state index contributed by atoms with van der Waals surface area (Å²) in [7, 11) is 1.71. The zero-order valence-electron chi connectivity index (χ0n) is 15.9. The number of hydrogen-bond acceptors (Lipinski definition) is 3. The minimum Gasteiger partial charge on any atom is -0.340 e. The zero-order valence-corrected chi connectivity index (χ0v) is 15.9. The second-order valence-corrected chi connectivity index (χ2v) is 7.35. The summed E-state index contributed by atoms with van der Waals surface area (Å²) in [6.07, 6.45) is 0.434. The lowest BCUT2D eigenvalue weighted by molar-refractivity contribution is -0.135. The summed E-state index contributed by atoms with van der Waals surface area (Å²) in [6.45, 7) is 4.39. The van der Waals surface area contributed by atoms with Crippen molar-refractivity contribution in [3.63, 3.8) is 0 Å². The summed E-state index contributed by atoms with van der Waals surface area (Å²) < 4.78 is 0. The van der Waals surface area contributed by atoms with E-state index in [0.717, 1.165) is 10.5 Å². The Morgan fingerprint density at radius 1 is 0.926 bits per heavy atom. The maximum absolute atomic E-state index is 13.2. The van der Waals surface area contributed by atoms with Gasteiger partial charge in [-0.25, -0.2) is 0 Å². The zero-order chi connectivity index (χ0) is 19.6. The van der Waals surface area contributed by atoms with Crippen LogP contribution in [0.3, 0.4) is 0 Å². The molecule has 0 fully saturated rings. The van der Waals surface area contributed by atoms with Crippen LogP contribution >= 0.6 is 0 Å². The fourth-order valence-electron chi connectivity index (χ4n) is 3.44. The number of benzene rings is 2. The first-order valence-corrected chi connectivity index (χ1v) is 9.16. The molecule has 0 radical (unpaired) electrons. The number of carbonyl (C=O) groups excluding carboxylic acids is 3. The third kappa shape index (κ3) is 3.77. The molecule has 0 spiro atoms. The molecule has 0 saturated carbocycles. The summed E-state index contributed by atoms with van der Waals surface area (Å²) in [5.74, 6) is -0.833. The number of fused-ring (bicyclic) bond motifs is 1. The molecule has 5 nitrogen and oxygen atoms in total. The fraction of sp³-hybridized carbons (Fsp3) is 0.318. The lowest BCUT2D eigenvalue weighted by Gasteiger charge is -2.30. The maximum Gasteiger partial charge on any atom is 0.262 e. The Labute approximate surface area is 159 Å². The molecule has 3 rings (SSSR count). The molecule has 27 heavy (non-hydrogen) atoms. The van der Waals surface area contributed by atoms with Crippen LogP contribution in [0.1, 0.15) is 46.5 Å². The largest absolute Gasteiger partial charge is 0.340 e. The molecule has 5 heteroatoms. The topological polar surface area (TPSA) is 57.7 Å². The van der Waals surface area contributed by atoms with Crippen molar-refractivity contribution in [2.45, 2.75) is 32.9 Å². The monoisotopic (exact) mass is 364 g/mol. The van der Waals surface area contributed by atoms with E-state index in [1.165, 1.54) is 0 Å². The molecule has 0 aliphatic carbocycles. The van der Waals surface area contributed by atoms with Gasteiger partial charge in [0.1, 0.15) is 6.04 Å². The van der Waals surface area contributed by atoms with Crippen LogP contribution in [0.2, 0.25) is 0 Å². The third-order valence-electron chi connectivity index (χ3n) is 4.76. The molecule has 140 valence electrons. The fourth-order valence-corrected chi connectivity index (χ4v) is 3.44. The quantitative estimate of drug-likeness (QED) is 0.739. The summed E-state index contributed by atoms with van der Waals surface area (Å²) in [6, 6.07) is 15.6. The van der Waals surface area contributed by atoms with E-state index in [1.54, 1.807) is 36.2 Å². The van der Waals surface area contributed by atoms with Crippen molar-refractivity contribution >= 4 is 17.7 Å². The molecule has 2 aromatic rings. The second kappa shape index (κ2) is 7.74. The molecular weight excluding hydrogens is 340 g/mol. The minimum absolute atomic E-state index is 0.161. The molecule has 3 amide bonds. The number of nitrogens with zero attached hydrogens (tertiary/aromatic N) is 2. The van der Waals surface area contributed by atoms with E-state index in [9.17, 15) is 14.4 Å². The van der Waals surface area contributed by atoms with Gasteiger partial charge in [-0.3, -0.25) is 19.3 Å². The van der Waals surface area contributed by atoms with E-state index in [4.69, 9.17) is 0 Å². The summed E-state index contributed by atoms with van der Waals surface area (Å²) >= 11 is 0. The van der Waals surface area contributed by atoms with Crippen LogP contribution in [-0.2, 0) is 11.3 Å². The second-order valence-electron chi connectivity index (χ2n) is 7.35. The predicted octanol–water partition coefficient (Wildman–Crippen LogP) is 3.36. The van der Waals surface area contributed by atoms with Crippen molar-refractivity contribution in [3.05, 3.63) is 71.3 Å².